The van der Waals surface area contributed by atoms with Crippen molar-refractivity contribution in [3.63, 3.8) is 0 Å². The molecule has 0 saturated carbocycles. The van der Waals surface area contributed by atoms with Gasteiger partial charge in [-0.25, -0.2) is 0 Å². The first-order valence-electron chi connectivity index (χ1n) is 5.26. The van der Waals surface area contributed by atoms with Gasteiger partial charge in [0.25, 0.3) is 0 Å². The van der Waals surface area contributed by atoms with Gasteiger partial charge in [-0.15, -0.1) is 0 Å². The van der Waals surface area contributed by atoms with Crippen molar-refractivity contribution in [3.8, 4) is 0 Å². The molecular formula is C11H16BrN3. The van der Waals surface area contributed by atoms with E-state index in [9.17, 15) is 0 Å². The monoisotopic (exact) mass is 269 g/mol. The number of nitrogens with two attached hydrogens (primary N) is 1. The van der Waals surface area contributed by atoms with Gasteiger partial charge in [0.15, 0.2) is 0 Å². The van der Waals surface area contributed by atoms with Crippen LogP contribution in [-0.2, 0) is 6.54 Å². The van der Waals surface area contributed by atoms with E-state index >= 15 is 0 Å². The SMILES string of the molecule is CC1C(N)CCN1Cc1cncc(Br)c1. The standard InChI is InChI=1S/C11H16BrN3/c1-8-11(13)2-3-15(8)7-9-4-10(12)6-14-5-9/h4-6,8,11H,2-3,7,13H2,1H3. The first-order chi connectivity index (χ1) is 7.16. The number of aromatic nitrogens is 1. The predicted octanol–water partition coefficient (Wildman–Crippen LogP) is 1.77. The molecule has 15 heavy (non-hydrogen) atoms. The number of likely N-dealkylation sites (tertiary alicyclic amines) is 1. The van der Waals surface area contributed by atoms with Crippen LogP contribution in [0.5, 0.6) is 0 Å². The van der Waals surface area contributed by atoms with Crippen molar-refractivity contribution in [1.29, 1.82) is 0 Å². The second-order valence-corrected chi connectivity index (χ2v) is 5.09. The summed E-state index contributed by atoms with van der Waals surface area (Å²) in [7, 11) is 0. The van der Waals surface area contributed by atoms with Gasteiger partial charge in [-0.1, -0.05) is 0 Å². The smallest absolute Gasteiger partial charge is 0.0410 e. The second kappa shape index (κ2) is 4.60. The molecule has 3 nitrogen and oxygen atoms in total. The summed E-state index contributed by atoms with van der Waals surface area (Å²) in [6, 6.07) is 2.91. The molecule has 0 bridgehead atoms. The molecule has 0 amide bonds. The summed E-state index contributed by atoms with van der Waals surface area (Å²) in [6.07, 6.45) is 4.83. The molecule has 1 saturated heterocycles. The van der Waals surface area contributed by atoms with Crippen molar-refractivity contribution in [2.45, 2.75) is 32.0 Å². The minimum Gasteiger partial charge on any atom is -0.326 e. The molecule has 0 radical (unpaired) electrons. The van der Waals surface area contributed by atoms with Crippen molar-refractivity contribution in [2.75, 3.05) is 6.54 Å². The van der Waals surface area contributed by atoms with E-state index in [1.54, 1.807) is 0 Å². The third-order valence-corrected chi connectivity index (χ3v) is 3.53. The average molecular weight is 270 g/mol. The maximum absolute atomic E-state index is 5.99. The fourth-order valence-electron chi connectivity index (χ4n) is 2.03. The maximum atomic E-state index is 5.99. The maximum Gasteiger partial charge on any atom is 0.0410 e. The summed E-state index contributed by atoms with van der Waals surface area (Å²) in [4.78, 5) is 6.58. The molecule has 2 heterocycles. The Morgan fingerprint density at radius 3 is 3.00 bits per heavy atom. The highest BCUT2D eigenvalue weighted by atomic mass is 79.9. The van der Waals surface area contributed by atoms with Crippen molar-refractivity contribution in [3.05, 3.63) is 28.5 Å². The molecule has 0 spiro atoms. The van der Waals surface area contributed by atoms with Crippen LogP contribution in [0.15, 0.2) is 22.9 Å². The number of pyridine rings is 1. The molecule has 2 rings (SSSR count). The molecule has 1 aliphatic heterocycles. The lowest BCUT2D eigenvalue weighted by atomic mass is 10.1. The number of nitrogens with zero attached hydrogens (tertiary/aromatic N) is 2. The van der Waals surface area contributed by atoms with Crippen molar-refractivity contribution in [1.82, 2.24) is 9.88 Å². The Labute approximate surface area is 98.8 Å². The summed E-state index contributed by atoms with van der Waals surface area (Å²) in [5.74, 6) is 0. The van der Waals surface area contributed by atoms with E-state index in [1.807, 2.05) is 12.4 Å². The van der Waals surface area contributed by atoms with Gasteiger partial charge < -0.3 is 5.73 Å². The zero-order valence-corrected chi connectivity index (χ0v) is 10.4. The van der Waals surface area contributed by atoms with Crippen molar-refractivity contribution in [2.24, 2.45) is 5.73 Å². The van der Waals surface area contributed by atoms with E-state index in [0.717, 1.165) is 24.0 Å². The fraction of sp³-hybridized carbons (Fsp3) is 0.545. The topological polar surface area (TPSA) is 42.1 Å². The van der Waals surface area contributed by atoms with E-state index in [0.29, 0.717) is 12.1 Å². The van der Waals surface area contributed by atoms with Crippen LogP contribution in [0, 0.1) is 0 Å². The Kier molecular flexibility index (Phi) is 3.38. The zero-order chi connectivity index (χ0) is 10.8. The van der Waals surface area contributed by atoms with Gasteiger partial charge in [0, 0.05) is 42.0 Å². The summed E-state index contributed by atoms with van der Waals surface area (Å²) >= 11 is 3.43. The fourth-order valence-corrected chi connectivity index (χ4v) is 2.44. The van der Waals surface area contributed by atoms with Crippen LogP contribution in [0.3, 0.4) is 0 Å². The lowest BCUT2D eigenvalue weighted by Gasteiger charge is -2.22. The van der Waals surface area contributed by atoms with Crippen LogP contribution in [0.25, 0.3) is 0 Å². The minimum absolute atomic E-state index is 0.324. The second-order valence-electron chi connectivity index (χ2n) is 4.18. The number of halogens is 1. The van der Waals surface area contributed by atoms with Crippen molar-refractivity contribution < 1.29 is 0 Å². The zero-order valence-electron chi connectivity index (χ0n) is 8.86. The lowest BCUT2D eigenvalue weighted by Crippen LogP contribution is -2.36. The minimum atomic E-state index is 0.324. The third kappa shape index (κ3) is 2.56. The molecule has 0 aromatic carbocycles. The molecular weight excluding hydrogens is 254 g/mol. The van der Waals surface area contributed by atoms with Gasteiger partial charge in [0.2, 0.25) is 0 Å². The molecule has 82 valence electrons. The van der Waals surface area contributed by atoms with Crippen LogP contribution < -0.4 is 5.73 Å². The summed E-state index contributed by atoms with van der Waals surface area (Å²) in [6.45, 7) is 4.24. The van der Waals surface area contributed by atoms with E-state index in [2.05, 4.69) is 38.8 Å². The largest absolute Gasteiger partial charge is 0.326 e. The van der Waals surface area contributed by atoms with Gasteiger partial charge in [0.1, 0.15) is 0 Å². The predicted molar refractivity (Wildman–Crippen MR) is 64.4 cm³/mol. The number of hydrogen-bond donors (Lipinski definition) is 1. The van der Waals surface area contributed by atoms with Gasteiger partial charge in [-0.05, 0) is 40.9 Å². The molecule has 1 fully saturated rings. The van der Waals surface area contributed by atoms with Crippen molar-refractivity contribution >= 4 is 15.9 Å². The van der Waals surface area contributed by atoms with Gasteiger partial charge in [0.05, 0.1) is 0 Å². The van der Waals surface area contributed by atoms with Crippen LogP contribution in [0.1, 0.15) is 18.9 Å². The van der Waals surface area contributed by atoms with Crippen LogP contribution in [0.2, 0.25) is 0 Å². The Bertz CT molecular complexity index is 342. The Hall–Kier alpha value is -0.450. The molecule has 1 aliphatic rings. The molecule has 2 N–H and O–H groups in total. The average Bonchev–Trinajstić information content (AvgIpc) is 2.50. The molecule has 2 atom stereocenters. The summed E-state index contributed by atoms with van der Waals surface area (Å²) < 4.78 is 1.04. The highest BCUT2D eigenvalue weighted by molar-refractivity contribution is 9.10. The van der Waals surface area contributed by atoms with Gasteiger partial charge in [-0.3, -0.25) is 9.88 Å². The van der Waals surface area contributed by atoms with E-state index < -0.39 is 0 Å². The Morgan fingerprint density at radius 2 is 2.40 bits per heavy atom. The lowest BCUT2D eigenvalue weighted by molar-refractivity contribution is 0.251. The quantitative estimate of drug-likeness (QED) is 0.890. The van der Waals surface area contributed by atoms with E-state index in [-0.39, 0.29) is 0 Å². The molecule has 0 aliphatic carbocycles. The molecule has 4 heteroatoms. The third-order valence-electron chi connectivity index (χ3n) is 3.09. The van der Waals surface area contributed by atoms with Crippen LogP contribution in [-0.4, -0.2) is 28.5 Å². The van der Waals surface area contributed by atoms with Gasteiger partial charge in [-0.2, -0.15) is 0 Å². The summed E-state index contributed by atoms with van der Waals surface area (Å²) in [5, 5.41) is 0. The Morgan fingerprint density at radius 1 is 1.60 bits per heavy atom. The van der Waals surface area contributed by atoms with Crippen LogP contribution in [0.4, 0.5) is 0 Å². The Balaban J connectivity index is 2.03. The number of rotatable bonds is 2. The normalized spacial score (nSPS) is 27.1. The summed E-state index contributed by atoms with van der Waals surface area (Å²) in [5.41, 5.74) is 7.23. The first kappa shape index (κ1) is 11.0. The van der Waals surface area contributed by atoms with E-state index in [1.165, 1.54) is 5.56 Å². The van der Waals surface area contributed by atoms with E-state index in [4.69, 9.17) is 5.73 Å². The molecule has 2 unspecified atom stereocenters. The first-order valence-corrected chi connectivity index (χ1v) is 6.05. The van der Waals surface area contributed by atoms with Crippen LogP contribution >= 0.6 is 15.9 Å². The molecule has 1 aromatic heterocycles. The van der Waals surface area contributed by atoms with Gasteiger partial charge >= 0.3 is 0 Å². The highest BCUT2D eigenvalue weighted by Crippen LogP contribution is 2.19. The number of hydrogen-bond acceptors (Lipinski definition) is 3. The highest BCUT2D eigenvalue weighted by Gasteiger charge is 2.27. The molecule has 1 aromatic rings.